The fourth-order valence-corrected chi connectivity index (χ4v) is 4.78. The van der Waals surface area contributed by atoms with Crippen molar-refractivity contribution in [1.82, 2.24) is 4.90 Å². The number of halogens is 1. The lowest BCUT2D eigenvalue weighted by molar-refractivity contribution is 0.203. The summed E-state index contributed by atoms with van der Waals surface area (Å²) in [6.45, 7) is 4.34. The van der Waals surface area contributed by atoms with Gasteiger partial charge in [-0.05, 0) is 38.0 Å². The predicted molar refractivity (Wildman–Crippen MR) is 99.8 cm³/mol. The van der Waals surface area contributed by atoms with E-state index < -0.39 is 6.03 Å². The first-order valence-corrected chi connectivity index (χ1v) is 9.49. The van der Waals surface area contributed by atoms with Crippen LogP contribution in [0.2, 0.25) is 0 Å². The summed E-state index contributed by atoms with van der Waals surface area (Å²) < 4.78 is 6.94. The number of nitrogens with two attached hydrogens (primary N) is 1. The third-order valence-corrected chi connectivity index (χ3v) is 6.05. The molecule has 1 aliphatic carbocycles. The number of urea groups is 1. The minimum atomic E-state index is -0.591. The largest absolute Gasteiger partial charge is 0.497 e. The molecule has 0 saturated carbocycles. The van der Waals surface area contributed by atoms with Crippen LogP contribution in [-0.2, 0) is 11.2 Å². The minimum Gasteiger partial charge on any atom is -0.497 e. The highest BCUT2D eigenvalue weighted by atomic mass is 79.9. The highest BCUT2D eigenvalue weighted by Crippen LogP contribution is 2.43. The van der Waals surface area contributed by atoms with Gasteiger partial charge in [0.05, 0.1) is 17.4 Å². The van der Waals surface area contributed by atoms with E-state index in [4.69, 9.17) is 15.9 Å². The van der Waals surface area contributed by atoms with Crippen molar-refractivity contribution in [2.75, 3.05) is 6.61 Å². The molecule has 1 aromatic heterocycles. The molecule has 7 heteroatoms. The molecule has 0 aromatic carbocycles. The number of nitrogens with one attached hydrogen (secondary N) is 1. The molecule has 2 amide bonds. The molecular formula is C17H20BrN3O2S. The lowest BCUT2D eigenvalue weighted by atomic mass is 9.94. The van der Waals surface area contributed by atoms with Crippen LogP contribution >= 0.6 is 27.3 Å². The van der Waals surface area contributed by atoms with E-state index in [1.165, 1.54) is 15.3 Å². The molecule has 3 rings (SSSR count). The van der Waals surface area contributed by atoms with Gasteiger partial charge in [0.25, 0.3) is 0 Å². The topological polar surface area (TPSA) is 79.4 Å². The van der Waals surface area contributed by atoms with Crippen molar-refractivity contribution in [2.45, 2.75) is 38.6 Å². The maximum absolute atomic E-state index is 11.7. The quantitative estimate of drug-likeness (QED) is 0.569. The Hall–Kier alpha value is -1.60. The van der Waals surface area contributed by atoms with Crippen molar-refractivity contribution >= 4 is 39.1 Å². The van der Waals surface area contributed by atoms with Crippen molar-refractivity contribution < 1.29 is 9.53 Å². The number of hydrogen-bond acceptors (Lipinski definition) is 4. The maximum Gasteiger partial charge on any atom is 0.320 e. The number of allylic oxidation sites excluding steroid dienone is 4. The molecule has 1 aromatic rings. The second-order valence-corrected chi connectivity index (χ2v) is 8.17. The monoisotopic (exact) mass is 409 g/mol. The van der Waals surface area contributed by atoms with Gasteiger partial charge in [-0.1, -0.05) is 22.0 Å². The number of amidine groups is 1. The van der Waals surface area contributed by atoms with Gasteiger partial charge in [0.15, 0.2) is 0 Å². The molecule has 24 heavy (non-hydrogen) atoms. The number of carbonyl (C=O) groups is 1. The van der Waals surface area contributed by atoms with Gasteiger partial charge in [-0.3, -0.25) is 10.3 Å². The molecule has 0 bridgehead atoms. The van der Waals surface area contributed by atoms with Crippen LogP contribution in [0.4, 0.5) is 4.79 Å². The first-order chi connectivity index (χ1) is 11.4. The molecule has 128 valence electrons. The Bertz CT molecular complexity index is 751. The zero-order valence-electron chi connectivity index (χ0n) is 13.6. The van der Waals surface area contributed by atoms with E-state index in [0.717, 1.165) is 28.0 Å². The Morgan fingerprint density at radius 2 is 2.29 bits per heavy atom. The number of ether oxygens (including phenoxy) is 1. The zero-order valence-corrected chi connectivity index (χ0v) is 16.0. The average molecular weight is 410 g/mol. The average Bonchev–Trinajstić information content (AvgIpc) is 2.83. The van der Waals surface area contributed by atoms with Crippen LogP contribution in [0.1, 0.15) is 41.5 Å². The molecule has 2 aliphatic rings. The maximum atomic E-state index is 11.7. The number of amides is 2. The predicted octanol–water partition coefficient (Wildman–Crippen LogP) is 4.09. The van der Waals surface area contributed by atoms with E-state index in [1.807, 2.05) is 26.0 Å². The zero-order chi connectivity index (χ0) is 17.4. The number of hydrogen-bond donors (Lipinski definition) is 2. The minimum absolute atomic E-state index is 0.149. The van der Waals surface area contributed by atoms with Crippen molar-refractivity contribution in [3.63, 3.8) is 0 Å². The van der Waals surface area contributed by atoms with Crippen molar-refractivity contribution in [3.8, 4) is 0 Å². The van der Waals surface area contributed by atoms with Crippen molar-refractivity contribution in [3.05, 3.63) is 43.8 Å². The molecule has 1 atom stereocenters. The second kappa shape index (κ2) is 6.72. The molecule has 0 saturated heterocycles. The second-order valence-electron chi connectivity index (χ2n) is 6.17. The van der Waals surface area contributed by atoms with Crippen LogP contribution in [0.5, 0.6) is 0 Å². The summed E-state index contributed by atoms with van der Waals surface area (Å²) in [6, 6.07) is 1.27. The Labute approximate surface area is 153 Å². The highest BCUT2D eigenvalue weighted by molar-refractivity contribution is 9.11. The molecule has 0 radical (unpaired) electrons. The van der Waals surface area contributed by atoms with Crippen LogP contribution in [0.3, 0.4) is 0 Å². The van der Waals surface area contributed by atoms with Crippen LogP contribution in [-0.4, -0.2) is 29.4 Å². The SMILES string of the molecule is CC(C)N(C(=N)c1cc2c(s1)C1CC=C(Br)C=C1OCC2)C(N)=O. The summed E-state index contributed by atoms with van der Waals surface area (Å²) in [4.78, 5) is 15.0. The van der Waals surface area contributed by atoms with E-state index in [2.05, 4.69) is 22.0 Å². The highest BCUT2D eigenvalue weighted by Gasteiger charge is 2.30. The third kappa shape index (κ3) is 3.15. The third-order valence-electron chi connectivity index (χ3n) is 4.20. The molecule has 3 N–H and O–H groups in total. The van der Waals surface area contributed by atoms with Gasteiger partial charge in [-0.15, -0.1) is 11.3 Å². The van der Waals surface area contributed by atoms with Crippen LogP contribution in [0.25, 0.3) is 0 Å². The first kappa shape index (κ1) is 17.2. The number of carbonyl (C=O) groups excluding carboxylic acids is 1. The summed E-state index contributed by atoms with van der Waals surface area (Å²) in [6.07, 6.45) is 5.85. The van der Waals surface area contributed by atoms with E-state index in [9.17, 15) is 4.79 Å². The normalized spacial score (nSPS) is 19.4. The van der Waals surface area contributed by atoms with Crippen LogP contribution in [0.15, 0.2) is 28.5 Å². The van der Waals surface area contributed by atoms with Gasteiger partial charge < -0.3 is 10.5 Å². The molecule has 1 aliphatic heterocycles. The standard InChI is InChI=1S/C17H20BrN3O2S/c1-9(2)21(17(20)22)16(19)14-7-10-5-6-23-13-8-11(18)3-4-12(13)15(10)24-14/h3,7-9,12,19H,4-6H2,1-2H3,(H2,20,22). The molecule has 2 heterocycles. The summed E-state index contributed by atoms with van der Waals surface area (Å²) in [7, 11) is 0. The van der Waals surface area contributed by atoms with E-state index in [-0.39, 0.29) is 17.8 Å². The van der Waals surface area contributed by atoms with Crippen LogP contribution in [0, 0.1) is 5.41 Å². The van der Waals surface area contributed by atoms with Gasteiger partial charge in [0.1, 0.15) is 11.6 Å². The Kier molecular flexibility index (Phi) is 4.83. The van der Waals surface area contributed by atoms with Crippen molar-refractivity contribution in [2.24, 2.45) is 5.73 Å². The summed E-state index contributed by atoms with van der Waals surface area (Å²) in [5.41, 5.74) is 6.65. The van der Waals surface area contributed by atoms with Gasteiger partial charge in [-0.25, -0.2) is 4.79 Å². The Morgan fingerprint density at radius 1 is 1.54 bits per heavy atom. The molecular weight excluding hydrogens is 390 g/mol. The Morgan fingerprint density at radius 3 is 2.96 bits per heavy atom. The van der Waals surface area contributed by atoms with Crippen molar-refractivity contribution in [1.29, 1.82) is 5.41 Å². The van der Waals surface area contributed by atoms with E-state index >= 15 is 0 Å². The van der Waals surface area contributed by atoms with Gasteiger partial charge in [0, 0.05) is 21.8 Å². The van der Waals surface area contributed by atoms with Gasteiger partial charge in [0.2, 0.25) is 0 Å². The summed E-state index contributed by atoms with van der Waals surface area (Å²) >= 11 is 5.08. The lowest BCUT2D eigenvalue weighted by Gasteiger charge is -2.24. The fraction of sp³-hybridized carbons (Fsp3) is 0.412. The summed E-state index contributed by atoms with van der Waals surface area (Å²) in [5, 5.41) is 8.42. The van der Waals surface area contributed by atoms with Gasteiger partial charge in [-0.2, -0.15) is 0 Å². The molecule has 0 spiro atoms. The number of thiophene rings is 1. The summed E-state index contributed by atoms with van der Waals surface area (Å²) in [5.74, 6) is 1.34. The van der Waals surface area contributed by atoms with E-state index in [0.29, 0.717) is 6.61 Å². The number of fused-ring (bicyclic) bond motifs is 3. The smallest absolute Gasteiger partial charge is 0.320 e. The molecule has 0 fully saturated rings. The first-order valence-electron chi connectivity index (χ1n) is 7.88. The number of nitrogens with zero attached hydrogens (tertiary/aromatic N) is 1. The number of primary amides is 1. The van der Waals surface area contributed by atoms with Gasteiger partial charge >= 0.3 is 6.03 Å². The van der Waals surface area contributed by atoms with E-state index in [1.54, 1.807) is 11.3 Å². The lowest BCUT2D eigenvalue weighted by Crippen LogP contribution is -2.44. The molecule has 5 nitrogen and oxygen atoms in total. The molecule has 1 unspecified atom stereocenters. The fourth-order valence-electron chi connectivity index (χ4n) is 3.09. The van der Waals surface area contributed by atoms with Crippen LogP contribution < -0.4 is 5.73 Å². The Balaban J connectivity index is 1.96. The number of rotatable bonds is 2.